The quantitative estimate of drug-likeness (QED) is 0.429. The average molecular weight is 390 g/mol. The van der Waals surface area contributed by atoms with Crippen molar-refractivity contribution >= 4 is 22.5 Å². The van der Waals surface area contributed by atoms with Gasteiger partial charge in [0.1, 0.15) is 11.5 Å². The summed E-state index contributed by atoms with van der Waals surface area (Å²) in [6.07, 6.45) is 7.15. The van der Waals surface area contributed by atoms with Gasteiger partial charge in [-0.25, -0.2) is 4.39 Å². The predicted molar refractivity (Wildman–Crippen MR) is 107 cm³/mol. The first-order valence-corrected chi connectivity index (χ1v) is 8.95. The van der Waals surface area contributed by atoms with E-state index in [4.69, 9.17) is 11.6 Å². The second kappa shape index (κ2) is 6.58. The molecule has 5 rings (SSSR count). The first kappa shape index (κ1) is 16.6. The molecule has 0 unspecified atom stereocenters. The number of benzene rings is 2. The molecule has 136 valence electrons. The van der Waals surface area contributed by atoms with E-state index in [0.29, 0.717) is 16.3 Å². The molecule has 0 aliphatic rings. The largest absolute Gasteiger partial charge is 0.285 e. The van der Waals surface area contributed by atoms with Gasteiger partial charge in [0.25, 0.3) is 0 Å². The molecule has 0 radical (unpaired) electrons. The van der Waals surface area contributed by atoms with E-state index in [0.717, 1.165) is 33.2 Å². The molecule has 2 N–H and O–H groups in total. The number of pyridine rings is 1. The maximum atomic E-state index is 14.4. The minimum atomic E-state index is -0.373. The number of hydrogen-bond donors (Lipinski definition) is 2. The molecule has 2 aromatic carbocycles. The summed E-state index contributed by atoms with van der Waals surface area (Å²) < 4.78 is 14.4. The first-order chi connectivity index (χ1) is 13.7. The van der Waals surface area contributed by atoms with Gasteiger partial charge in [0.15, 0.2) is 0 Å². The van der Waals surface area contributed by atoms with E-state index in [1.54, 1.807) is 18.5 Å². The summed E-state index contributed by atoms with van der Waals surface area (Å²) in [4.78, 5) is 4.52. The molecule has 0 bridgehead atoms. The standard InChI is InChI=1S/C21H13ClFN5/c22-16-2-3-19(23)17(7-16)21-18(11-27-28-21)12-1-4-20-13(5-12)6-14(8-24-20)15-9-25-26-10-15/h1-11H,(H,25,26)(H,27,28). The zero-order valence-corrected chi connectivity index (χ0v) is 15.2. The number of halogens is 2. The lowest BCUT2D eigenvalue weighted by molar-refractivity contribution is 0.630. The molecular weight excluding hydrogens is 377 g/mol. The van der Waals surface area contributed by atoms with Crippen LogP contribution in [0.25, 0.3) is 44.4 Å². The SMILES string of the molecule is Fc1ccc(Cl)cc1-c1n[nH]cc1-c1ccc2ncc(-c3cn[nH]c3)cc2c1. The molecule has 0 spiro atoms. The molecule has 0 atom stereocenters. The van der Waals surface area contributed by atoms with Crippen LogP contribution in [0.1, 0.15) is 0 Å². The van der Waals surface area contributed by atoms with Gasteiger partial charge in [0.05, 0.1) is 11.7 Å². The van der Waals surface area contributed by atoms with E-state index in [1.165, 1.54) is 12.1 Å². The lowest BCUT2D eigenvalue weighted by Gasteiger charge is -2.07. The smallest absolute Gasteiger partial charge is 0.132 e. The van der Waals surface area contributed by atoms with Crippen LogP contribution in [-0.4, -0.2) is 25.4 Å². The van der Waals surface area contributed by atoms with Gasteiger partial charge in [-0.05, 0) is 42.0 Å². The minimum absolute atomic E-state index is 0.356. The highest BCUT2D eigenvalue weighted by molar-refractivity contribution is 6.30. The Balaban J connectivity index is 1.64. The Morgan fingerprint density at radius 1 is 0.821 bits per heavy atom. The zero-order valence-electron chi connectivity index (χ0n) is 14.4. The molecule has 0 saturated carbocycles. The Bertz CT molecular complexity index is 1290. The molecule has 0 amide bonds. The lowest BCUT2D eigenvalue weighted by atomic mass is 9.99. The number of aromatic amines is 2. The lowest BCUT2D eigenvalue weighted by Crippen LogP contribution is -1.88. The Labute approximate surface area is 164 Å². The highest BCUT2D eigenvalue weighted by Gasteiger charge is 2.15. The van der Waals surface area contributed by atoms with Crippen molar-refractivity contribution in [1.29, 1.82) is 0 Å². The van der Waals surface area contributed by atoms with Crippen molar-refractivity contribution in [1.82, 2.24) is 25.4 Å². The zero-order chi connectivity index (χ0) is 19.1. The van der Waals surface area contributed by atoms with Crippen LogP contribution in [0.5, 0.6) is 0 Å². The summed E-state index contributed by atoms with van der Waals surface area (Å²) in [7, 11) is 0. The van der Waals surface area contributed by atoms with Crippen molar-refractivity contribution in [3.8, 4) is 33.5 Å². The van der Waals surface area contributed by atoms with Gasteiger partial charge in [-0.2, -0.15) is 10.2 Å². The van der Waals surface area contributed by atoms with Crippen molar-refractivity contribution in [3.05, 3.63) is 78.1 Å². The maximum absolute atomic E-state index is 14.4. The molecule has 5 aromatic rings. The number of nitrogens with one attached hydrogen (secondary N) is 2. The number of rotatable bonds is 3. The van der Waals surface area contributed by atoms with E-state index in [2.05, 4.69) is 31.4 Å². The molecule has 0 fully saturated rings. The third-order valence-electron chi connectivity index (χ3n) is 4.65. The summed E-state index contributed by atoms with van der Waals surface area (Å²) in [5.74, 6) is -0.373. The molecule has 0 saturated heterocycles. The molecule has 7 heteroatoms. The molecule has 5 nitrogen and oxygen atoms in total. The van der Waals surface area contributed by atoms with Crippen LogP contribution >= 0.6 is 11.6 Å². The second-order valence-electron chi connectivity index (χ2n) is 6.39. The van der Waals surface area contributed by atoms with E-state index in [1.807, 2.05) is 30.6 Å². The van der Waals surface area contributed by atoms with Crippen LogP contribution in [0.15, 0.2) is 67.3 Å². The molecular formula is C21H13ClFN5. The average Bonchev–Trinajstić information content (AvgIpc) is 3.41. The summed E-state index contributed by atoms with van der Waals surface area (Å²) in [5.41, 5.74) is 5.36. The van der Waals surface area contributed by atoms with Gasteiger partial charge in [-0.3, -0.25) is 15.2 Å². The number of hydrogen-bond acceptors (Lipinski definition) is 3. The fourth-order valence-corrected chi connectivity index (χ4v) is 3.43. The minimum Gasteiger partial charge on any atom is -0.285 e. The van der Waals surface area contributed by atoms with Crippen LogP contribution in [0.2, 0.25) is 5.02 Å². The van der Waals surface area contributed by atoms with Crippen molar-refractivity contribution in [2.24, 2.45) is 0 Å². The number of aromatic nitrogens is 5. The summed E-state index contributed by atoms with van der Waals surface area (Å²) in [6, 6.07) is 12.4. The van der Waals surface area contributed by atoms with Crippen molar-refractivity contribution in [2.45, 2.75) is 0 Å². The summed E-state index contributed by atoms with van der Waals surface area (Å²) in [5, 5.41) is 15.3. The van der Waals surface area contributed by atoms with Gasteiger partial charge < -0.3 is 0 Å². The van der Waals surface area contributed by atoms with Gasteiger partial charge in [-0.15, -0.1) is 0 Å². The van der Waals surface area contributed by atoms with Gasteiger partial charge >= 0.3 is 0 Å². The Morgan fingerprint density at radius 2 is 1.71 bits per heavy atom. The van der Waals surface area contributed by atoms with Crippen LogP contribution in [0.3, 0.4) is 0 Å². The van der Waals surface area contributed by atoms with Crippen LogP contribution in [0, 0.1) is 5.82 Å². The van der Waals surface area contributed by atoms with Gasteiger partial charge in [0, 0.05) is 51.3 Å². The topological polar surface area (TPSA) is 70.2 Å². The Kier molecular flexibility index (Phi) is 3.91. The second-order valence-corrected chi connectivity index (χ2v) is 6.83. The number of fused-ring (bicyclic) bond motifs is 1. The first-order valence-electron chi connectivity index (χ1n) is 8.57. The van der Waals surface area contributed by atoms with Crippen LogP contribution < -0.4 is 0 Å². The van der Waals surface area contributed by atoms with Crippen LogP contribution in [0.4, 0.5) is 4.39 Å². The molecule has 3 heterocycles. The maximum Gasteiger partial charge on any atom is 0.132 e. The van der Waals surface area contributed by atoms with E-state index < -0.39 is 0 Å². The Morgan fingerprint density at radius 3 is 2.57 bits per heavy atom. The van der Waals surface area contributed by atoms with Crippen molar-refractivity contribution in [2.75, 3.05) is 0 Å². The van der Waals surface area contributed by atoms with Gasteiger partial charge in [0.2, 0.25) is 0 Å². The Hall–Kier alpha value is -3.51. The summed E-state index contributed by atoms with van der Waals surface area (Å²) >= 11 is 6.06. The fraction of sp³-hybridized carbons (Fsp3) is 0. The molecule has 3 aromatic heterocycles. The molecule has 0 aliphatic heterocycles. The van der Waals surface area contributed by atoms with E-state index in [-0.39, 0.29) is 5.82 Å². The molecule has 28 heavy (non-hydrogen) atoms. The third-order valence-corrected chi connectivity index (χ3v) is 4.88. The molecule has 0 aliphatic carbocycles. The number of nitrogens with zero attached hydrogens (tertiary/aromatic N) is 3. The summed E-state index contributed by atoms with van der Waals surface area (Å²) in [6.45, 7) is 0. The fourth-order valence-electron chi connectivity index (χ4n) is 3.26. The van der Waals surface area contributed by atoms with Gasteiger partial charge in [-0.1, -0.05) is 17.7 Å². The van der Waals surface area contributed by atoms with E-state index >= 15 is 0 Å². The third kappa shape index (κ3) is 2.84. The normalized spacial score (nSPS) is 11.2. The highest BCUT2D eigenvalue weighted by atomic mass is 35.5. The monoisotopic (exact) mass is 389 g/mol. The number of H-pyrrole nitrogens is 2. The highest BCUT2D eigenvalue weighted by Crippen LogP contribution is 2.34. The van der Waals surface area contributed by atoms with Crippen molar-refractivity contribution in [3.63, 3.8) is 0 Å². The predicted octanol–water partition coefficient (Wildman–Crippen LogP) is 5.47. The van der Waals surface area contributed by atoms with Crippen molar-refractivity contribution < 1.29 is 4.39 Å². The van der Waals surface area contributed by atoms with E-state index in [9.17, 15) is 4.39 Å². The van der Waals surface area contributed by atoms with Crippen LogP contribution in [-0.2, 0) is 0 Å².